The molecule has 0 heterocycles. The SMILES string of the molecule is COc1ccc(C(C)(N)C(C)C)cc1. The Morgan fingerprint density at radius 2 is 1.71 bits per heavy atom. The zero-order chi connectivity index (χ0) is 10.8. The van der Waals surface area contributed by atoms with Crippen LogP contribution in [0.4, 0.5) is 0 Å². The van der Waals surface area contributed by atoms with Crippen LogP contribution in [0, 0.1) is 5.92 Å². The van der Waals surface area contributed by atoms with E-state index in [1.807, 2.05) is 24.3 Å². The second kappa shape index (κ2) is 4.01. The van der Waals surface area contributed by atoms with Gasteiger partial charge in [0.1, 0.15) is 5.75 Å². The third-order valence-corrected chi connectivity index (χ3v) is 2.91. The van der Waals surface area contributed by atoms with Crippen LogP contribution in [-0.2, 0) is 5.54 Å². The van der Waals surface area contributed by atoms with Gasteiger partial charge < -0.3 is 10.5 Å². The fraction of sp³-hybridized carbons (Fsp3) is 0.500. The minimum absolute atomic E-state index is 0.272. The molecule has 0 fully saturated rings. The molecule has 0 spiro atoms. The molecule has 0 saturated carbocycles. The Balaban J connectivity index is 2.97. The molecule has 1 aromatic carbocycles. The lowest BCUT2D eigenvalue weighted by atomic mass is 9.83. The van der Waals surface area contributed by atoms with Crippen molar-refractivity contribution in [2.24, 2.45) is 11.7 Å². The van der Waals surface area contributed by atoms with Crippen molar-refractivity contribution >= 4 is 0 Å². The summed E-state index contributed by atoms with van der Waals surface area (Å²) in [6, 6.07) is 7.95. The molecule has 2 nitrogen and oxygen atoms in total. The summed E-state index contributed by atoms with van der Waals surface area (Å²) in [5.74, 6) is 1.28. The molecule has 2 N–H and O–H groups in total. The number of methoxy groups -OCH3 is 1. The van der Waals surface area contributed by atoms with Crippen LogP contribution >= 0.6 is 0 Å². The van der Waals surface area contributed by atoms with Gasteiger partial charge in [0.2, 0.25) is 0 Å². The zero-order valence-electron chi connectivity index (χ0n) is 9.37. The number of benzene rings is 1. The Labute approximate surface area is 86.1 Å². The largest absolute Gasteiger partial charge is 0.497 e. The van der Waals surface area contributed by atoms with Gasteiger partial charge in [0.05, 0.1) is 7.11 Å². The van der Waals surface area contributed by atoms with Crippen molar-refractivity contribution in [3.63, 3.8) is 0 Å². The fourth-order valence-corrected chi connectivity index (χ4v) is 1.28. The highest BCUT2D eigenvalue weighted by Gasteiger charge is 2.24. The van der Waals surface area contributed by atoms with Gasteiger partial charge in [-0.15, -0.1) is 0 Å². The summed E-state index contributed by atoms with van der Waals surface area (Å²) in [6.45, 7) is 6.31. The Hall–Kier alpha value is -1.02. The van der Waals surface area contributed by atoms with E-state index in [9.17, 15) is 0 Å². The van der Waals surface area contributed by atoms with E-state index in [2.05, 4.69) is 20.8 Å². The highest BCUT2D eigenvalue weighted by atomic mass is 16.5. The maximum Gasteiger partial charge on any atom is 0.118 e. The molecule has 0 aliphatic heterocycles. The van der Waals surface area contributed by atoms with Crippen LogP contribution in [0.1, 0.15) is 26.3 Å². The third-order valence-electron chi connectivity index (χ3n) is 2.91. The highest BCUT2D eigenvalue weighted by Crippen LogP contribution is 2.27. The first kappa shape index (κ1) is 11.1. The maximum absolute atomic E-state index is 6.23. The smallest absolute Gasteiger partial charge is 0.118 e. The normalized spacial score (nSPS) is 15.3. The van der Waals surface area contributed by atoms with Crippen LogP contribution in [0.3, 0.4) is 0 Å². The van der Waals surface area contributed by atoms with Crippen molar-refractivity contribution in [2.45, 2.75) is 26.3 Å². The van der Waals surface area contributed by atoms with E-state index in [1.54, 1.807) is 7.11 Å². The molecule has 78 valence electrons. The molecule has 0 aliphatic carbocycles. The third kappa shape index (κ3) is 2.07. The summed E-state index contributed by atoms with van der Waals surface area (Å²) in [4.78, 5) is 0. The fourth-order valence-electron chi connectivity index (χ4n) is 1.28. The maximum atomic E-state index is 6.23. The van der Waals surface area contributed by atoms with Gasteiger partial charge in [0.15, 0.2) is 0 Å². The van der Waals surface area contributed by atoms with E-state index >= 15 is 0 Å². The Bertz CT molecular complexity index is 288. The molecule has 0 saturated heterocycles. The Kier molecular flexibility index (Phi) is 3.17. The summed E-state index contributed by atoms with van der Waals surface area (Å²) in [5, 5.41) is 0. The van der Waals surface area contributed by atoms with Crippen LogP contribution in [0.5, 0.6) is 5.75 Å². The van der Waals surface area contributed by atoms with E-state index in [1.165, 1.54) is 0 Å². The molecule has 1 atom stereocenters. The lowest BCUT2D eigenvalue weighted by Crippen LogP contribution is -2.38. The van der Waals surface area contributed by atoms with Gasteiger partial charge in [0, 0.05) is 5.54 Å². The highest BCUT2D eigenvalue weighted by molar-refractivity contribution is 5.31. The second-order valence-electron chi connectivity index (χ2n) is 4.17. The Morgan fingerprint density at radius 3 is 2.07 bits per heavy atom. The Morgan fingerprint density at radius 1 is 1.21 bits per heavy atom. The molecule has 0 aromatic heterocycles. The van der Waals surface area contributed by atoms with E-state index < -0.39 is 0 Å². The minimum atomic E-state index is -0.272. The molecular formula is C12H19NO. The molecule has 0 aliphatic rings. The number of rotatable bonds is 3. The van der Waals surface area contributed by atoms with Crippen molar-refractivity contribution in [3.05, 3.63) is 29.8 Å². The quantitative estimate of drug-likeness (QED) is 0.800. The van der Waals surface area contributed by atoms with Crippen LogP contribution in [-0.4, -0.2) is 7.11 Å². The summed E-state index contributed by atoms with van der Waals surface area (Å²) < 4.78 is 5.10. The molecule has 1 unspecified atom stereocenters. The molecule has 0 amide bonds. The van der Waals surface area contributed by atoms with Crippen LogP contribution < -0.4 is 10.5 Å². The predicted molar refractivity (Wildman–Crippen MR) is 59.4 cm³/mol. The number of nitrogens with two attached hydrogens (primary N) is 1. The van der Waals surface area contributed by atoms with E-state index in [0.717, 1.165) is 11.3 Å². The first-order chi connectivity index (χ1) is 6.48. The summed E-state index contributed by atoms with van der Waals surface area (Å²) >= 11 is 0. The van der Waals surface area contributed by atoms with E-state index in [0.29, 0.717) is 5.92 Å². The summed E-state index contributed by atoms with van der Waals surface area (Å²) in [6.07, 6.45) is 0. The summed E-state index contributed by atoms with van der Waals surface area (Å²) in [7, 11) is 1.67. The van der Waals surface area contributed by atoms with Gasteiger partial charge >= 0.3 is 0 Å². The number of ether oxygens (including phenoxy) is 1. The van der Waals surface area contributed by atoms with Crippen LogP contribution in [0.2, 0.25) is 0 Å². The molecule has 1 aromatic rings. The monoisotopic (exact) mass is 193 g/mol. The molecule has 14 heavy (non-hydrogen) atoms. The minimum Gasteiger partial charge on any atom is -0.497 e. The van der Waals surface area contributed by atoms with Gasteiger partial charge in [-0.25, -0.2) is 0 Å². The van der Waals surface area contributed by atoms with Crippen molar-refractivity contribution < 1.29 is 4.74 Å². The van der Waals surface area contributed by atoms with Crippen molar-refractivity contribution in [2.75, 3.05) is 7.11 Å². The van der Waals surface area contributed by atoms with Crippen LogP contribution in [0.25, 0.3) is 0 Å². The topological polar surface area (TPSA) is 35.2 Å². The van der Waals surface area contributed by atoms with Crippen LogP contribution in [0.15, 0.2) is 24.3 Å². The van der Waals surface area contributed by atoms with Crippen molar-refractivity contribution in [3.8, 4) is 5.75 Å². The van der Waals surface area contributed by atoms with Gasteiger partial charge in [-0.05, 0) is 30.5 Å². The van der Waals surface area contributed by atoms with Gasteiger partial charge in [0.25, 0.3) is 0 Å². The molecule has 1 rings (SSSR count). The van der Waals surface area contributed by atoms with E-state index in [4.69, 9.17) is 10.5 Å². The van der Waals surface area contributed by atoms with Crippen molar-refractivity contribution in [1.82, 2.24) is 0 Å². The molecule has 0 radical (unpaired) electrons. The lowest BCUT2D eigenvalue weighted by Gasteiger charge is -2.29. The average molecular weight is 193 g/mol. The van der Waals surface area contributed by atoms with Gasteiger partial charge in [-0.1, -0.05) is 26.0 Å². The summed E-state index contributed by atoms with van der Waals surface area (Å²) in [5.41, 5.74) is 7.11. The van der Waals surface area contributed by atoms with Crippen molar-refractivity contribution in [1.29, 1.82) is 0 Å². The molecule has 2 heteroatoms. The number of hydrogen-bond acceptors (Lipinski definition) is 2. The van der Waals surface area contributed by atoms with Gasteiger partial charge in [-0.2, -0.15) is 0 Å². The standard InChI is InChI=1S/C12H19NO/c1-9(2)12(3,13)10-5-7-11(14-4)8-6-10/h5-9H,13H2,1-4H3. The van der Waals surface area contributed by atoms with E-state index in [-0.39, 0.29) is 5.54 Å². The average Bonchev–Trinajstić information content (AvgIpc) is 2.17. The molecular weight excluding hydrogens is 174 g/mol. The first-order valence-corrected chi connectivity index (χ1v) is 4.92. The lowest BCUT2D eigenvalue weighted by molar-refractivity contribution is 0.349. The predicted octanol–water partition coefficient (Wildman–Crippen LogP) is 2.53. The first-order valence-electron chi connectivity index (χ1n) is 4.92. The number of hydrogen-bond donors (Lipinski definition) is 1. The molecule has 0 bridgehead atoms. The zero-order valence-corrected chi connectivity index (χ0v) is 9.37. The van der Waals surface area contributed by atoms with Gasteiger partial charge in [-0.3, -0.25) is 0 Å². The second-order valence-corrected chi connectivity index (χ2v) is 4.17.